The van der Waals surface area contributed by atoms with Crippen LogP contribution in [0.5, 0.6) is 0 Å². The van der Waals surface area contributed by atoms with Crippen LogP contribution in [0.1, 0.15) is 12.0 Å². The first kappa shape index (κ1) is 16.2. The Kier molecular flexibility index (Phi) is 6.78. The monoisotopic (exact) mass is 359 g/mol. The third kappa shape index (κ3) is 5.34. The van der Waals surface area contributed by atoms with Gasteiger partial charge < -0.3 is 15.1 Å². The van der Waals surface area contributed by atoms with Crippen LogP contribution in [0.2, 0.25) is 5.02 Å². The highest BCUT2D eigenvalue weighted by molar-refractivity contribution is 9.10. The van der Waals surface area contributed by atoms with Crippen molar-refractivity contribution in [1.82, 2.24) is 15.1 Å². The van der Waals surface area contributed by atoms with Crippen molar-refractivity contribution in [2.75, 3.05) is 46.3 Å². The second-order valence-electron chi connectivity index (χ2n) is 5.42. The number of nitrogens with zero attached hydrogens (tertiary/aromatic N) is 2. The molecule has 2 rings (SSSR count). The van der Waals surface area contributed by atoms with Crippen molar-refractivity contribution in [2.45, 2.75) is 13.0 Å². The topological polar surface area (TPSA) is 18.5 Å². The molecule has 1 aliphatic rings. The lowest BCUT2D eigenvalue weighted by Crippen LogP contribution is -2.45. The van der Waals surface area contributed by atoms with E-state index in [0.29, 0.717) is 0 Å². The summed E-state index contributed by atoms with van der Waals surface area (Å²) in [6.45, 7) is 7.95. The maximum absolute atomic E-state index is 6.08. The van der Waals surface area contributed by atoms with Crippen molar-refractivity contribution >= 4 is 27.5 Å². The highest BCUT2D eigenvalue weighted by Crippen LogP contribution is 2.22. The van der Waals surface area contributed by atoms with E-state index in [1.54, 1.807) is 0 Å². The Morgan fingerprint density at radius 3 is 2.70 bits per heavy atom. The second kappa shape index (κ2) is 8.35. The van der Waals surface area contributed by atoms with Crippen molar-refractivity contribution in [3.63, 3.8) is 0 Å². The van der Waals surface area contributed by atoms with Gasteiger partial charge in [-0.3, -0.25) is 0 Å². The van der Waals surface area contributed by atoms with Crippen molar-refractivity contribution in [1.29, 1.82) is 0 Å². The van der Waals surface area contributed by atoms with Crippen LogP contribution in [-0.2, 0) is 6.54 Å². The first-order valence-electron chi connectivity index (χ1n) is 7.21. The van der Waals surface area contributed by atoms with E-state index in [9.17, 15) is 0 Å². The highest BCUT2D eigenvalue weighted by Gasteiger charge is 2.12. The molecule has 0 radical (unpaired) electrons. The summed E-state index contributed by atoms with van der Waals surface area (Å²) in [5.74, 6) is 0. The predicted octanol–water partition coefficient (Wildman–Crippen LogP) is 2.83. The lowest BCUT2D eigenvalue weighted by Gasteiger charge is -2.32. The molecule has 5 heteroatoms. The number of halogens is 2. The zero-order valence-corrected chi connectivity index (χ0v) is 14.4. The van der Waals surface area contributed by atoms with Crippen LogP contribution >= 0.6 is 27.5 Å². The summed E-state index contributed by atoms with van der Waals surface area (Å²) >= 11 is 9.49. The lowest BCUT2D eigenvalue weighted by molar-refractivity contribution is 0.153. The van der Waals surface area contributed by atoms with Gasteiger partial charge in [-0.2, -0.15) is 0 Å². The third-order valence-electron chi connectivity index (χ3n) is 3.74. The fourth-order valence-electron chi connectivity index (χ4n) is 2.38. The van der Waals surface area contributed by atoms with Gasteiger partial charge in [0, 0.05) is 37.2 Å². The Bertz CT molecular complexity index is 420. The summed E-state index contributed by atoms with van der Waals surface area (Å²) in [5, 5.41) is 4.27. The van der Waals surface area contributed by atoms with Crippen molar-refractivity contribution in [3.05, 3.63) is 33.3 Å². The molecule has 1 heterocycles. The molecule has 112 valence electrons. The van der Waals surface area contributed by atoms with E-state index >= 15 is 0 Å². The molecule has 0 saturated carbocycles. The molecule has 0 aromatic heterocycles. The largest absolute Gasteiger partial charge is 0.313 e. The zero-order chi connectivity index (χ0) is 14.4. The van der Waals surface area contributed by atoms with E-state index < -0.39 is 0 Å². The average Bonchev–Trinajstić information content (AvgIpc) is 2.44. The molecule has 0 aliphatic carbocycles. The van der Waals surface area contributed by atoms with Crippen molar-refractivity contribution in [3.8, 4) is 0 Å². The maximum atomic E-state index is 6.08. The third-order valence-corrected chi connectivity index (χ3v) is 4.97. The molecule has 0 bridgehead atoms. The summed E-state index contributed by atoms with van der Waals surface area (Å²) in [7, 11) is 2.20. The number of piperazine rings is 1. The van der Waals surface area contributed by atoms with Gasteiger partial charge in [0.2, 0.25) is 0 Å². The Labute approximate surface area is 135 Å². The normalized spacial score (nSPS) is 17.6. The second-order valence-corrected chi connectivity index (χ2v) is 6.69. The maximum Gasteiger partial charge on any atom is 0.0551 e. The predicted molar refractivity (Wildman–Crippen MR) is 89.4 cm³/mol. The standard InChI is InChI=1S/C15H23BrClN3/c1-19-7-9-20(10-8-19)6-2-5-18-12-13-3-4-14(16)15(17)11-13/h3-4,11,18H,2,5-10,12H2,1H3. The summed E-state index contributed by atoms with van der Waals surface area (Å²) < 4.78 is 0.956. The van der Waals surface area contributed by atoms with Crippen LogP contribution < -0.4 is 5.32 Å². The van der Waals surface area contributed by atoms with Crippen molar-refractivity contribution < 1.29 is 0 Å². The van der Waals surface area contributed by atoms with Crippen LogP contribution in [0.3, 0.4) is 0 Å². The van der Waals surface area contributed by atoms with Gasteiger partial charge in [0.05, 0.1) is 5.02 Å². The van der Waals surface area contributed by atoms with Gasteiger partial charge in [0.1, 0.15) is 0 Å². The Morgan fingerprint density at radius 1 is 1.25 bits per heavy atom. The summed E-state index contributed by atoms with van der Waals surface area (Å²) in [6.07, 6.45) is 1.20. The molecule has 0 spiro atoms. The number of nitrogens with one attached hydrogen (secondary N) is 1. The molecule has 3 nitrogen and oxygen atoms in total. The van der Waals surface area contributed by atoms with E-state index in [0.717, 1.165) is 22.6 Å². The van der Waals surface area contributed by atoms with Gasteiger partial charge in [-0.05, 0) is 60.2 Å². The van der Waals surface area contributed by atoms with E-state index in [1.165, 1.54) is 44.7 Å². The molecule has 20 heavy (non-hydrogen) atoms. The number of hydrogen-bond acceptors (Lipinski definition) is 3. The lowest BCUT2D eigenvalue weighted by atomic mass is 10.2. The molecule has 0 amide bonds. The SMILES string of the molecule is CN1CCN(CCCNCc2ccc(Br)c(Cl)c2)CC1. The van der Waals surface area contributed by atoms with Gasteiger partial charge in [-0.1, -0.05) is 17.7 Å². The molecule has 0 atom stereocenters. The van der Waals surface area contributed by atoms with Crippen LogP contribution in [-0.4, -0.2) is 56.1 Å². The minimum atomic E-state index is 0.779. The Hall–Kier alpha value is -0.130. The molecule has 1 aromatic rings. The van der Waals surface area contributed by atoms with E-state index in [2.05, 4.69) is 44.2 Å². The first-order chi connectivity index (χ1) is 9.65. The van der Waals surface area contributed by atoms with E-state index in [1.807, 2.05) is 12.1 Å². The molecular formula is C15H23BrClN3. The molecule has 1 saturated heterocycles. The van der Waals surface area contributed by atoms with Crippen LogP contribution in [0.4, 0.5) is 0 Å². The van der Waals surface area contributed by atoms with Gasteiger partial charge in [-0.15, -0.1) is 0 Å². The minimum absolute atomic E-state index is 0.779. The Balaban J connectivity index is 1.58. The number of likely N-dealkylation sites (N-methyl/N-ethyl adjacent to an activating group) is 1. The summed E-state index contributed by atoms with van der Waals surface area (Å²) in [4.78, 5) is 4.95. The molecular weight excluding hydrogens is 338 g/mol. The van der Waals surface area contributed by atoms with Gasteiger partial charge >= 0.3 is 0 Å². The molecule has 1 fully saturated rings. The van der Waals surface area contributed by atoms with Gasteiger partial charge in [0.25, 0.3) is 0 Å². The summed E-state index contributed by atoms with van der Waals surface area (Å²) in [6, 6.07) is 6.12. The molecule has 1 N–H and O–H groups in total. The van der Waals surface area contributed by atoms with Crippen LogP contribution in [0, 0.1) is 0 Å². The summed E-state index contributed by atoms with van der Waals surface area (Å²) in [5.41, 5.74) is 1.23. The molecule has 1 aliphatic heterocycles. The van der Waals surface area contributed by atoms with Crippen LogP contribution in [0.25, 0.3) is 0 Å². The van der Waals surface area contributed by atoms with Crippen molar-refractivity contribution in [2.24, 2.45) is 0 Å². The average molecular weight is 361 g/mol. The highest BCUT2D eigenvalue weighted by atomic mass is 79.9. The fraction of sp³-hybridized carbons (Fsp3) is 0.600. The minimum Gasteiger partial charge on any atom is -0.313 e. The quantitative estimate of drug-likeness (QED) is 0.787. The smallest absolute Gasteiger partial charge is 0.0551 e. The Morgan fingerprint density at radius 2 is 2.00 bits per heavy atom. The zero-order valence-electron chi connectivity index (χ0n) is 12.0. The van der Waals surface area contributed by atoms with Gasteiger partial charge in [-0.25, -0.2) is 0 Å². The number of hydrogen-bond donors (Lipinski definition) is 1. The molecule has 1 aromatic carbocycles. The van der Waals surface area contributed by atoms with E-state index in [-0.39, 0.29) is 0 Å². The first-order valence-corrected chi connectivity index (χ1v) is 8.38. The van der Waals surface area contributed by atoms with Crippen LogP contribution in [0.15, 0.2) is 22.7 Å². The van der Waals surface area contributed by atoms with E-state index in [4.69, 9.17) is 11.6 Å². The van der Waals surface area contributed by atoms with Gasteiger partial charge in [0.15, 0.2) is 0 Å². The number of benzene rings is 1. The molecule has 0 unspecified atom stereocenters. The number of rotatable bonds is 6. The fourth-order valence-corrected chi connectivity index (χ4v) is 2.83.